The van der Waals surface area contributed by atoms with Gasteiger partial charge in [0.05, 0.1) is 18.3 Å². The zero-order valence-corrected chi connectivity index (χ0v) is 45.0. The lowest BCUT2D eigenvalue weighted by molar-refractivity contribution is -0.157. The lowest BCUT2D eigenvalue weighted by Gasteiger charge is -2.20. The number of esters is 1. The fourth-order valence-corrected chi connectivity index (χ4v) is 5.18. The topological polar surface area (TPSA) is 231 Å². The maximum atomic E-state index is 13.4. The van der Waals surface area contributed by atoms with Crippen LogP contribution in [0.2, 0.25) is 0 Å². The molecular weight excluding hydrogens is 1000 g/mol. The number of nitrogens with one attached hydrogen (secondary N) is 4. The van der Waals surface area contributed by atoms with Crippen molar-refractivity contribution in [2.24, 2.45) is 21.7 Å². The van der Waals surface area contributed by atoms with E-state index in [1.807, 2.05) is 65.0 Å². The summed E-state index contributed by atoms with van der Waals surface area (Å²) in [6.45, 7) is 20.5. The molecule has 4 aromatic carbocycles. The summed E-state index contributed by atoms with van der Waals surface area (Å²) in [4.78, 5) is 105. The van der Waals surface area contributed by atoms with Gasteiger partial charge in [-0.15, -0.1) is 0 Å². The van der Waals surface area contributed by atoms with Gasteiger partial charge in [0.25, 0.3) is 17.7 Å². The molecule has 0 unspecified atom stereocenters. The summed E-state index contributed by atoms with van der Waals surface area (Å²) in [5, 5.41) is 17.8. The number of aromatic hydroxyl groups is 1. The number of hydrogen-bond acceptors (Lipinski definition) is 11. The lowest BCUT2D eigenvalue weighted by Crippen LogP contribution is -2.41. The van der Waals surface area contributed by atoms with E-state index in [9.17, 15) is 65.1 Å². The Kier molecular flexibility index (Phi) is 26.2. The Morgan fingerprint density at radius 2 is 0.789 bits per heavy atom. The monoisotopic (exact) mass is 1070 g/mol. The molecule has 414 valence electrons. The number of phenols is 1. The molecule has 0 bridgehead atoms. The molecule has 4 rings (SSSR count). The van der Waals surface area contributed by atoms with E-state index in [1.165, 1.54) is 26.0 Å². The largest absolute Gasteiger partial charge is 0.508 e. The molecule has 5 N–H and O–H groups in total. The molecule has 0 aromatic heterocycles. The van der Waals surface area contributed by atoms with Crippen molar-refractivity contribution >= 4 is 53.2 Å². The predicted molar refractivity (Wildman–Crippen MR) is 273 cm³/mol. The number of rotatable bonds is 16. The van der Waals surface area contributed by atoms with Crippen molar-refractivity contribution in [3.05, 3.63) is 136 Å². The molecule has 0 aliphatic heterocycles. The molecule has 4 aromatic rings. The molecule has 0 radical (unpaired) electrons. The summed E-state index contributed by atoms with van der Waals surface area (Å²) in [5.74, 6) is -16.5. The molecule has 15 nitrogen and oxygen atoms in total. The zero-order chi connectivity index (χ0) is 58.4. The van der Waals surface area contributed by atoms with Gasteiger partial charge in [0.2, 0.25) is 35.4 Å². The van der Waals surface area contributed by atoms with Crippen LogP contribution in [0.4, 0.5) is 22.0 Å². The smallest absolute Gasteiger partial charge is 0.312 e. The summed E-state index contributed by atoms with van der Waals surface area (Å²) in [6.07, 6.45) is 2.65. The SMILES string of the molecule is CCC(C)(C)C(=O)NC(=O)Cc1ccc(O)cc1.CCC(C)(C)C(=O)NC(=O)Cc1ccccc1.CCC(C)(C)C(=O)NC(=O)c1c(F)c(F)c(F)c(F)c1F.CCC(C)(C)C(=O)OCC(=O)NC(=O)c1ccccc1. The fraction of sp³-hybridized carbons (Fsp3) is 0.411. The van der Waals surface area contributed by atoms with Crippen LogP contribution < -0.4 is 21.3 Å². The van der Waals surface area contributed by atoms with Gasteiger partial charge in [-0.05, 0) is 74.9 Å². The van der Waals surface area contributed by atoms with Gasteiger partial charge >= 0.3 is 5.97 Å². The minimum atomic E-state index is -2.37. The first-order chi connectivity index (χ1) is 35.2. The number of amides is 8. The van der Waals surface area contributed by atoms with Crippen molar-refractivity contribution in [3.8, 4) is 5.75 Å². The second-order valence-corrected chi connectivity index (χ2v) is 19.8. The Morgan fingerprint density at radius 3 is 1.18 bits per heavy atom. The van der Waals surface area contributed by atoms with Crippen LogP contribution in [0.15, 0.2) is 84.9 Å². The normalized spacial score (nSPS) is 11.1. The van der Waals surface area contributed by atoms with Crippen LogP contribution in [0.3, 0.4) is 0 Å². The summed E-state index contributed by atoms with van der Waals surface area (Å²) >= 11 is 0. The zero-order valence-electron chi connectivity index (χ0n) is 45.0. The number of carbonyl (C=O) groups is 9. The van der Waals surface area contributed by atoms with E-state index in [-0.39, 0.29) is 42.2 Å². The third-order valence-electron chi connectivity index (χ3n) is 12.2. The van der Waals surface area contributed by atoms with Gasteiger partial charge in [-0.25, -0.2) is 22.0 Å². The van der Waals surface area contributed by atoms with Gasteiger partial charge in [-0.2, -0.15) is 0 Å². The van der Waals surface area contributed by atoms with E-state index >= 15 is 0 Å². The van der Waals surface area contributed by atoms with Gasteiger partial charge in [0, 0.05) is 21.8 Å². The summed E-state index contributed by atoms with van der Waals surface area (Å²) in [7, 11) is 0. The average molecular weight is 1070 g/mol. The second-order valence-electron chi connectivity index (χ2n) is 19.8. The molecular formula is C56H69F5N4O11. The van der Waals surface area contributed by atoms with E-state index in [0.717, 1.165) is 11.1 Å². The summed E-state index contributed by atoms with van der Waals surface area (Å²) < 4.78 is 70.5. The van der Waals surface area contributed by atoms with Crippen LogP contribution in [0, 0.1) is 50.7 Å². The van der Waals surface area contributed by atoms with E-state index in [1.54, 1.807) is 82.4 Å². The van der Waals surface area contributed by atoms with Gasteiger partial charge < -0.3 is 9.84 Å². The van der Waals surface area contributed by atoms with Crippen molar-refractivity contribution in [3.63, 3.8) is 0 Å². The second kappa shape index (κ2) is 30.0. The highest BCUT2D eigenvalue weighted by Gasteiger charge is 2.34. The van der Waals surface area contributed by atoms with Gasteiger partial charge in [0.1, 0.15) is 11.3 Å². The van der Waals surface area contributed by atoms with Gasteiger partial charge in [-0.3, -0.25) is 64.4 Å². The number of ether oxygens (including phenoxy) is 1. The highest BCUT2D eigenvalue weighted by Crippen LogP contribution is 2.25. The summed E-state index contributed by atoms with van der Waals surface area (Å²) in [6, 6.07) is 24.1. The molecule has 20 heteroatoms. The number of phenolic OH excluding ortho intramolecular Hbond substituents is 1. The molecule has 0 saturated heterocycles. The fourth-order valence-electron chi connectivity index (χ4n) is 5.18. The minimum absolute atomic E-state index is 0.131. The minimum Gasteiger partial charge on any atom is -0.508 e. The van der Waals surface area contributed by atoms with Crippen molar-refractivity contribution in [2.45, 2.75) is 122 Å². The molecule has 0 heterocycles. The Bertz CT molecular complexity index is 2650. The molecule has 0 aliphatic carbocycles. The van der Waals surface area contributed by atoms with Crippen LogP contribution in [-0.4, -0.2) is 64.9 Å². The molecule has 8 amide bonds. The predicted octanol–water partition coefficient (Wildman–Crippen LogP) is 9.32. The number of imide groups is 4. The average Bonchev–Trinajstić information content (AvgIpc) is 3.38. The van der Waals surface area contributed by atoms with Gasteiger partial charge in [0.15, 0.2) is 29.9 Å². The first-order valence-corrected chi connectivity index (χ1v) is 24.2. The lowest BCUT2D eigenvalue weighted by atomic mass is 9.89. The van der Waals surface area contributed by atoms with Gasteiger partial charge in [-0.1, -0.05) is 130 Å². The molecule has 0 atom stereocenters. The van der Waals surface area contributed by atoms with Crippen molar-refractivity contribution in [1.82, 2.24) is 21.3 Å². The quantitative estimate of drug-likeness (QED) is 0.0307. The van der Waals surface area contributed by atoms with E-state index in [0.29, 0.717) is 31.2 Å². The third kappa shape index (κ3) is 21.3. The maximum Gasteiger partial charge on any atom is 0.312 e. The Morgan fingerprint density at radius 1 is 0.434 bits per heavy atom. The third-order valence-corrected chi connectivity index (χ3v) is 12.2. The van der Waals surface area contributed by atoms with E-state index in [2.05, 4.69) is 16.0 Å². The number of hydrogen-bond donors (Lipinski definition) is 5. The Labute approximate surface area is 440 Å². The molecule has 76 heavy (non-hydrogen) atoms. The molecule has 0 fully saturated rings. The standard InChI is InChI=1S/C15H19NO4.C14H19NO3.C14H19NO2.C13H12F5NO2/c1-4-15(2,3)14(19)20-10-12(17)16-13(18)11-8-6-5-7-9-11;1-4-14(2,3)13(18)15-12(17)9-10-5-7-11(16)8-6-10;1-4-14(2,3)13(17)15-12(16)10-11-8-6-5-7-9-11;1-4-13(2,3)12(21)19-11(20)5-6(14)8(16)10(18)9(17)7(5)15/h5-9H,4,10H2,1-3H3,(H,16,17,18);5-8,16H,4,9H2,1-3H3,(H,15,17,18);5-9H,4,10H2,1-3H3,(H,15,16,17);4H2,1-3H3,(H,19,20,21). The summed E-state index contributed by atoms with van der Waals surface area (Å²) in [5.41, 5.74) is -2.35. The molecule has 0 aliphatic rings. The van der Waals surface area contributed by atoms with Crippen LogP contribution in [0.25, 0.3) is 0 Å². The van der Waals surface area contributed by atoms with Crippen molar-refractivity contribution in [1.29, 1.82) is 0 Å². The van der Waals surface area contributed by atoms with E-state index in [4.69, 9.17) is 9.84 Å². The van der Waals surface area contributed by atoms with Crippen LogP contribution >= 0.6 is 0 Å². The molecule has 0 spiro atoms. The van der Waals surface area contributed by atoms with Crippen LogP contribution in [0.5, 0.6) is 5.75 Å². The maximum absolute atomic E-state index is 13.4. The van der Waals surface area contributed by atoms with Crippen LogP contribution in [0.1, 0.15) is 141 Å². The first-order valence-electron chi connectivity index (χ1n) is 24.2. The number of benzene rings is 4. The highest BCUT2D eigenvalue weighted by atomic mass is 19.2. The van der Waals surface area contributed by atoms with E-state index < -0.39 is 92.5 Å². The number of carbonyl (C=O) groups excluding carboxylic acids is 9. The van der Waals surface area contributed by atoms with Crippen molar-refractivity contribution < 1.29 is 74.9 Å². The number of halogens is 5. The van der Waals surface area contributed by atoms with Crippen molar-refractivity contribution in [2.75, 3.05) is 6.61 Å². The Balaban J connectivity index is 0.000000508. The Hall–Kier alpha value is -7.64. The van der Waals surface area contributed by atoms with Crippen LogP contribution in [-0.2, 0) is 51.1 Å². The highest BCUT2D eigenvalue weighted by molar-refractivity contribution is 6.07. The molecule has 0 saturated carbocycles. The first kappa shape index (κ1) is 66.4.